The lowest BCUT2D eigenvalue weighted by atomic mass is 9.82. The summed E-state index contributed by atoms with van der Waals surface area (Å²) in [6.07, 6.45) is 1.93. The van der Waals surface area contributed by atoms with Crippen molar-refractivity contribution < 1.29 is 0 Å². The molecule has 2 unspecified atom stereocenters. The van der Waals surface area contributed by atoms with Crippen molar-refractivity contribution >= 4 is 10.9 Å². The smallest absolute Gasteiger partial charge is 0.0721 e. The van der Waals surface area contributed by atoms with Crippen LogP contribution in [0.2, 0.25) is 0 Å². The first kappa shape index (κ1) is 14.1. The Labute approximate surface area is 115 Å². The lowest BCUT2D eigenvalue weighted by Gasteiger charge is -2.30. The summed E-state index contributed by atoms with van der Waals surface area (Å²) in [7, 11) is 0. The number of nitrogens with zero attached hydrogens (tertiary/aromatic N) is 2. The van der Waals surface area contributed by atoms with Gasteiger partial charge < -0.3 is 5.73 Å². The van der Waals surface area contributed by atoms with Gasteiger partial charge in [0.1, 0.15) is 0 Å². The molecular formula is C16H25N3. The van der Waals surface area contributed by atoms with Gasteiger partial charge in [-0.15, -0.1) is 0 Å². The average molecular weight is 259 g/mol. The van der Waals surface area contributed by atoms with Crippen LogP contribution >= 0.6 is 0 Å². The minimum Gasteiger partial charge on any atom is -0.325 e. The molecule has 0 saturated carbocycles. The van der Waals surface area contributed by atoms with Crippen molar-refractivity contribution in [3.63, 3.8) is 0 Å². The van der Waals surface area contributed by atoms with Crippen LogP contribution in [0.1, 0.15) is 39.8 Å². The van der Waals surface area contributed by atoms with Crippen molar-refractivity contribution in [3.05, 3.63) is 30.0 Å². The summed E-state index contributed by atoms with van der Waals surface area (Å²) in [6, 6.07) is 8.42. The number of para-hydroxylation sites is 1. The number of aryl methyl sites for hydroxylation is 1. The highest BCUT2D eigenvalue weighted by Gasteiger charge is 2.27. The third kappa shape index (κ3) is 2.66. The van der Waals surface area contributed by atoms with Gasteiger partial charge in [0.15, 0.2) is 0 Å². The van der Waals surface area contributed by atoms with Gasteiger partial charge in [0.2, 0.25) is 0 Å². The van der Waals surface area contributed by atoms with Crippen LogP contribution in [0.15, 0.2) is 24.3 Å². The number of hydrogen-bond acceptors (Lipinski definition) is 2. The zero-order valence-electron chi connectivity index (χ0n) is 12.5. The summed E-state index contributed by atoms with van der Waals surface area (Å²) in [5, 5.41) is 5.99. The predicted octanol–water partition coefficient (Wildman–Crippen LogP) is 3.36. The number of aromatic nitrogens is 2. The Hall–Kier alpha value is -1.35. The summed E-state index contributed by atoms with van der Waals surface area (Å²) >= 11 is 0. The Morgan fingerprint density at radius 3 is 2.63 bits per heavy atom. The van der Waals surface area contributed by atoms with E-state index in [2.05, 4.69) is 56.6 Å². The largest absolute Gasteiger partial charge is 0.325 e. The monoisotopic (exact) mass is 259 g/mol. The lowest BCUT2D eigenvalue weighted by Crippen LogP contribution is -2.45. The maximum atomic E-state index is 6.50. The summed E-state index contributed by atoms with van der Waals surface area (Å²) in [6.45, 7) is 9.57. The van der Waals surface area contributed by atoms with Crippen LogP contribution in [0.3, 0.4) is 0 Å². The normalized spacial score (nSPS) is 16.5. The maximum absolute atomic E-state index is 6.50. The number of nitrogens with two attached hydrogens (primary N) is 1. The van der Waals surface area contributed by atoms with Crippen LogP contribution in [0, 0.1) is 5.92 Å². The molecule has 104 valence electrons. The zero-order chi connectivity index (χ0) is 14.0. The molecule has 0 aliphatic heterocycles. The molecule has 1 aromatic carbocycles. The van der Waals surface area contributed by atoms with Gasteiger partial charge in [-0.2, -0.15) is 5.10 Å². The molecule has 1 aromatic heterocycles. The van der Waals surface area contributed by atoms with E-state index in [1.807, 2.05) is 0 Å². The first-order chi connectivity index (χ1) is 8.99. The van der Waals surface area contributed by atoms with E-state index in [4.69, 9.17) is 10.8 Å². The van der Waals surface area contributed by atoms with Gasteiger partial charge in [-0.1, -0.05) is 38.5 Å². The van der Waals surface area contributed by atoms with Crippen molar-refractivity contribution in [2.75, 3.05) is 0 Å². The molecule has 0 amide bonds. The molecule has 0 fully saturated rings. The quantitative estimate of drug-likeness (QED) is 0.894. The Balaban J connectivity index is 2.41. The molecule has 0 spiro atoms. The molecule has 2 rings (SSSR count). The molecule has 0 aliphatic carbocycles. The highest BCUT2D eigenvalue weighted by Crippen LogP contribution is 2.26. The fourth-order valence-corrected chi connectivity index (χ4v) is 2.57. The van der Waals surface area contributed by atoms with Crippen molar-refractivity contribution in [1.82, 2.24) is 9.78 Å². The number of fused-ring (bicyclic) bond motifs is 1. The third-order valence-corrected chi connectivity index (χ3v) is 4.32. The van der Waals surface area contributed by atoms with E-state index in [1.165, 1.54) is 10.9 Å². The highest BCUT2D eigenvalue weighted by molar-refractivity contribution is 5.82. The molecule has 19 heavy (non-hydrogen) atoms. The van der Waals surface area contributed by atoms with Crippen LogP contribution in [0.25, 0.3) is 10.9 Å². The second kappa shape index (κ2) is 5.33. The molecule has 2 N–H and O–H groups in total. The van der Waals surface area contributed by atoms with Crippen LogP contribution < -0.4 is 5.73 Å². The van der Waals surface area contributed by atoms with Crippen LogP contribution in [-0.2, 0) is 13.0 Å². The third-order valence-electron chi connectivity index (χ3n) is 4.32. The van der Waals surface area contributed by atoms with Crippen molar-refractivity contribution in [1.29, 1.82) is 0 Å². The van der Waals surface area contributed by atoms with E-state index in [0.717, 1.165) is 25.1 Å². The van der Waals surface area contributed by atoms with E-state index in [1.54, 1.807) is 0 Å². The van der Waals surface area contributed by atoms with Crippen molar-refractivity contribution in [2.45, 2.75) is 52.6 Å². The van der Waals surface area contributed by atoms with E-state index in [9.17, 15) is 0 Å². The second-order valence-electron chi connectivity index (χ2n) is 5.77. The number of benzene rings is 1. The lowest BCUT2D eigenvalue weighted by molar-refractivity contribution is 0.304. The highest BCUT2D eigenvalue weighted by atomic mass is 15.3. The summed E-state index contributed by atoms with van der Waals surface area (Å²) in [5.74, 6) is 0.484. The second-order valence-corrected chi connectivity index (χ2v) is 5.77. The van der Waals surface area contributed by atoms with Gasteiger partial charge in [0, 0.05) is 23.9 Å². The maximum Gasteiger partial charge on any atom is 0.0721 e. The molecule has 2 aromatic rings. The van der Waals surface area contributed by atoms with E-state index < -0.39 is 0 Å². The summed E-state index contributed by atoms with van der Waals surface area (Å²) in [5.41, 5.74) is 8.63. The van der Waals surface area contributed by atoms with E-state index in [-0.39, 0.29) is 5.54 Å². The van der Waals surface area contributed by atoms with Gasteiger partial charge in [-0.3, -0.25) is 4.68 Å². The average Bonchev–Trinajstić information content (AvgIpc) is 2.75. The molecule has 3 nitrogen and oxygen atoms in total. The van der Waals surface area contributed by atoms with E-state index in [0.29, 0.717) is 5.92 Å². The van der Waals surface area contributed by atoms with Gasteiger partial charge in [-0.25, -0.2) is 0 Å². The van der Waals surface area contributed by atoms with Crippen molar-refractivity contribution in [2.24, 2.45) is 11.7 Å². The Morgan fingerprint density at radius 2 is 2.00 bits per heavy atom. The minimum atomic E-state index is -0.204. The Bertz CT molecular complexity index is 554. The van der Waals surface area contributed by atoms with Gasteiger partial charge in [0.25, 0.3) is 0 Å². The molecule has 1 heterocycles. The predicted molar refractivity (Wildman–Crippen MR) is 81.2 cm³/mol. The fraction of sp³-hybridized carbons (Fsp3) is 0.562. The number of hydrogen-bond donors (Lipinski definition) is 1. The summed E-state index contributed by atoms with van der Waals surface area (Å²) < 4.78 is 2.07. The Morgan fingerprint density at radius 1 is 1.32 bits per heavy atom. The van der Waals surface area contributed by atoms with Gasteiger partial charge >= 0.3 is 0 Å². The number of rotatable bonds is 5. The minimum absolute atomic E-state index is 0.204. The SMILES string of the molecule is CCC(C)C(C)(N)Cc1nn(CC)c2ccccc12. The Kier molecular flexibility index (Phi) is 3.95. The molecular weight excluding hydrogens is 234 g/mol. The zero-order valence-corrected chi connectivity index (χ0v) is 12.5. The molecule has 2 atom stereocenters. The first-order valence-electron chi connectivity index (χ1n) is 7.23. The van der Waals surface area contributed by atoms with Crippen LogP contribution in [-0.4, -0.2) is 15.3 Å². The van der Waals surface area contributed by atoms with Crippen LogP contribution in [0.4, 0.5) is 0 Å². The molecule has 0 radical (unpaired) electrons. The molecule has 3 heteroatoms. The standard InChI is InChI=1S/C16H25N3/c1-5-12(3)16(4,17)11-14-13-9-7-8-10-15(13)19(6-2)18-14/h7-10,12H,5-6,11,17H2,1-4H3. The first-order valence-corrected chi connectivity index (χ1v) is 7.23. The molecule has 0 bridgehead atoms. The van der Waals surface area contributed by atoms with Gasteiger partial charge in [0.05, 0.1) is 11.2 Å². The van der Waals surface area contributed by atoms with Crippen LogP contribution in [0.5, 0.6) is 0 Å². The molecule has 0 aliphatic rings. The topological polar surface area (TPSA) is 43.8 Å². The molecule has 0 saturated heterocycles. The van der Waals surface area contributed by atoms with Crippen molar-refractivity contribution in [3.8, 4) is 0 Å². The fourth-order valence-electron chi connectivity index (χ4n) is 2.57. The summed E-state index contributed by atoms with van der Waals surface area (Å²) in [4.78, 5) is 0. The van der Waals surface area contributed by atoms with E-state index >= 15 is 0 Å². The van der Waals surface area contributed by atoms with Gasteiger partial charge in [-0.05, 0) is 25.8 Å².